The fraction of sp³-hybridized carbons (Fsp3) is 0.556. The SMILES string of the molecule is Cc1ccc2c(c1)N(CC(=O)NCC1CCCO1)C(=O)C(C)(C)O2. The molecule has 2 amide bonds. The molecule has 1 aromatic carbocycles. The lowest BCUT2D eigenvalue weighted by Crippen LogP contribution is -2.55. The fourth-order valence-electron chi connectivity index (χ4n) is 3.07. The van der Waals surface area contributed by atoms with Gasteiger partial charge in [-0.1, -0.05) is 6.07 Å². The molecule has 1 fully saturated rings. The van der Waals surface area contributed by atoms with Crippen molar-refractivity contribution in [2.75, 3.05) is 24.6 Å². The highest BCUT2D eigenvalue weighted by Gasteiger charge is 2.41. The minimum absolute atomic E-state index is 0.0191. The standard InChI is InChI=1S/C18H24N2O4/c1-12-6-7-15-14(9-12)20(17(22)18(2,3)24-15)11-16(21)19-10-13-5-4-8-23-13/h6-7,9,13H,4-5,8,10-11H2,1-3H3,(H,19,21). The molecular weight excluding hydrogens is 308 g/mol. The van der Waals surface area contributed by atoms with Crippen molar-refractivity contribution in [1.29, 1.82) is 0 Å². The van der Waals surface area contributed by atoms with Crippen LogP contribution in [0.1, 0.15) is 32.3 Å². The monoisotopic (exact) mass is 332 g/mol. The first kappa shape index (κ1) is 16.8. The minimum atomic E-state index is -0.989. The fourth-order valence-corrected chi connectivity index (χ4v) is 3.07. The molecular formula is C18H24N2O4. The normalized spacial score (nSPS) is 22.0. The van der Waals surface area contributed by atoms with Gasteiger partial charge in [0.25, 0.3) is 5.91 Å². The summed E-state index contributed by atoms with van der Waals surface area (Å²) in [5.41, 5.74) is 0.665. The van der Waals surface area contributed by atoms with E-state index in [9.17, 15) is 9.59 Å². The topological polar surface area (TPSA) is 67.9 Å². The Kier molecular flexibility index (Phi) is 4.49. The van der Waals surface area contributed by atoms with Crippen LogP contribution in [-0.4, -0.2) is 43.2 Å². The van der Waals surface area contributed by atoms with Crippen molar-refractivity contribution >= 4 is 17.5 Å². The summed E-state index contributed by atoms with van der Waals surface area (Å²) in [5.74, 6) is 0.217. The summed E-state index contributed by atoms with van der Waals surface area (Å²) in [4.78, 5) is 26.5. The molecule has 1 unspecified atom stereocenters. The Morgan fingerprint density at radius 1 is 1.42 bits per heavy atom. The molecule has 6 heteroatoms. The number of benzene rings is 1. The lowest BCUT2D eigenvalue weighted by molar-refractivity contribution is -0.134. The molecule has 1 saturated heterocycles. The maximum absolute atomic E-state index is 12.7. The van der Waals surface area contributed by atoms with Crippen molar-refractivity contribution in [3.05, 3.63) is 23.8 Å². The number of nitrogens with zero attached hydrogens (tertiary/aromatic N) is 1. The Balaban J connectivity index is 1.74. The molecule has 0 aliphatic carbocycles. The average molecular weight is 332 g/mol. The molecule has 2 heterocycles. The summed E-state index contributed by atoms with van der Waals surface area (Å²) in [5, 5.41) is 2.87. The van der Waals surface area contributed by atoms with Crippen LogP contribution in [0, 0.1) is 6.92 Å². The number of carbonyl (C=O) groups excluding carboxylic acids is 2. The number of aryl methyl sites for hydroxylation is 1. The summed E-state index contributed by atoms with van der Waals surface area (Å²) < 4.78 is 11.3. The first-order chi connectivity index (χ1) is 11.4. The first-order valence-corrected chi connectivity index (χ1v) is 8.37. The van der Waals surface area contributed by atoms with Crippen molar-refractivity contribution in [2.24, 2.45) is 0 Å². The molecule has 2 aliphatic rings. The summed E-state index contributed by atoms with van der Waals surface area (Å²) in [6.45, 7) is 6.60. The zero-order valence-corrected chi connectivity index (χ0v) is 14.4. The Bertz CT molecular complexity index is 650. The van der Waals surface area contributed by atoms with E-state index in [0.29, 0.717) is 18.0 Å². The van der Waals surface area contributed by atoms with Crippen LogP contribution in [-0.2, 0) is 14.3 Å². The van der Waals surface area contributed by atoms with E-state index >= 15 is 0 Å². The summed E-state index contributed by atoms with van der Waals surface area (Å²) in [6.07, 6.45) is 2.08. The molecule has 0 spiro atoms. The van der Waals surface area contributed by atoms with Gasteiger partial charge in [0.2, 0.25) is 5.91 Å². The molecule has 2 aliphatic heterocycles. The van der Waals surface area contributed by atoms with Crippen LogP contribution in [0.15, 0.2) is 18.2 Å². The number of hydrogen-bond acceptors (Lipinski definition) is 4. The van der Waals surface area contributed by atoms with Crippen LogP contribution in [0.4, 0.5) is 5.69 Å². The maximum atomic E-state index is 12.7. The Hall–Kier alpha value is -2.08. The highest BCUT2D eigenvalue weighted by molar-refractivity contribution is 6.05. The van der Waals surface area contributed by atoms with Crippen molar-refractivity contribution in [2.45, 2.75) is 45.3 Å². The van der Waals surface area contributed by atoms with E-state index in [1.807, 2.05) is 25.1 Å². The van der Waals surface area contributed by atoms with Gasteiger partial charge in [0.05, 0.1) is 11.8 Å². The van der Waals surface area contributed by atoms with E-state index in [1.165, 1.54) is 4.90 Å². The molecule has 0 bridgehead atoms. The van der Waals surface area contributed by atoms with Gasteiger partial charge in [-0.3, -0.25) is 14.5 Å². The van der Waals surface area contributed by atoms with E-state index < -0.39 is 5.60 Å². The number of nitrogens with one attached hydrogen (secondary N) is 1. The Morgan fingerprint density at radius 2 is 2.21 bits per heavy atom. The maximum Gasteiger partial charge on any atom is 0.271 e. The number of rotatable bonds is 4. The zero-order valence-electron chi connectivity index (χ0n) is 14.4. The van der Waals surface area contributed by atoms with E-state index in [4.69, 9.17) is 9.47 Å². The largest absolute Gasteiger partial charge is 0.476 e. The summed E-state index contributed by atoms with van der Waals surface area (Å²) in [6, 6.07) is 5.65. The van der Waals surface area contributed by atoms with Crippen molar-refractivity contribution in [3.63, 3.8) is 0 Å². The average Bonchev–Trinajstić information content (AvgIpc) is 3.04. The third-order valence-electron chi connectivity index (χ3n) is 4.38. The molecule has 1 aromatic rings. The number of carbonyl (C=O) groups is 2. The number of ether oxygens (including phenoxy) is 2. The molecule has 6 nitrogen and oxygen atoms in total. The van der Waals surface area contributed by atoms with Gasteiger partial charge in [0.1, 0.15) is 12.3 Å². The van der Waals surface area contributed by atoms with Gasteiger partial charge in [-0.05, 0) is 51.3 Å². The molecule has 0 radical (unpaired) electrons. The van der Waals surface area contributed by atoms with Crippen LogP contribution in [0.3, 0.4) is 0 Å². The van der Waals surface area contributed by atoms with Gasteiger partial charge in [-0.25, -0.2) is 0 Å². The predicted octanol–water partition coefficient (Wildman–Crippen LogP) is 1.79. The van der Waals surface area contributed by atoms with Gasteiger partial charge in [0.15, 0.2) is 5.60 Å². The van der Waals surface area contributed by atoms with Crippen molar-refractivity contribution in [1.82, 2.24) is 5.32 Å². The van der Waals surface area contributed by atoms with Crippen LogP contribution < -0.4 is 15.0 Å². The Morgan fingerprint density at radius 3 is 2.92 bits per heavy atom. The third kappa shape index (κ3) is 3.38. The molecule has 130 valence electrons. The highest BCUT2D eigenvalue weighted by Crippen LogP contribution is 2.38. The van der Waals surface area contributed by atoms with E-state index in [0.717, 1.165) is 25.0 Å². The second-order valence-corrected chi connectivity index (χ2v) is 6.91. The number of anilines is 1. The van der Waals surface area contributed by atoms with Crippen molar-refractivity contribution < 1.29 is 19.1 Å². The zero-order chi connectivity index (χ0) is 17.3. The first-order valence-electron chi connectivity index (χ1n) is 8.37. The number of fused-ring (bicyclic) bond motifs is 1. The van der Waals surface area contributed by atoms with Crippen LogP contribution in [0.5, 0.6) is 5.75 Å². The van der Waals surface area contributed by atoms with Crippen LogP contribution >= 0.6 is 0 Å². The second-order valence-electron chi connectivity index (χ2n) is 6.91. The van der Waals surface area contributed by atoms with Gasteiger partial charge < -0.3 is 14.8 Å². The van der Waals surface area contributed by atoms with Crippen LogP contribution in [0.2, 0.25) is 0 Å². The lowest BCUT2D eigenvalue weighted by atomic mass is 10.0. The molecule has 24 heavy (non-hydrogen) atoms. The predicted molar refractivity (Wildman–Crippen MR) is 90.2 cm³/mol. The quantitative estimate of drug-likeness (QED) is 0.913. The number of hydrogen-bond donors (Lipinski definition) is 1. The smallest absolute Gasteiger partial charge is 0.271 e. The van der Waals surface area contributed by atoms with E-state index in [1.54, 1.807) is 13.8 Å². The van der Waals surface area contributed by atoms with Crippen molar-refractivity contribution in [3.8, 4) is 5.75 Å². The van der Waals surface area contributed by atoms with E-state index in [-0.39, 0.29) is 24.5 Å². The van der Waals surface area contributed by atoms with Gasteiger partial charge in [-0.2, -0.15) is 0 Å². The Labute approximate surface area is 142 Å². The minimum Gasteiger partial charge on any atom is -0.476 e. The van der Waals surface area contributed by atoms with Crippen LogP contribution in [0.25, 0.3) is 0 Å². The second kappa shape index (κ2) is 6.43. The third-order valence-corrected chi connectivity index (χ3v) is 4.38. The summed E-state index contributed by atoms with van der Waals surface area (Å²) >= 11 is 0. The lowest BCUT2D eigenvalue weighted by Gasteiger charge is -2.38. The van der Waals surface area contributed by atoms with Gasteiger partial charge in [0, 0.05) is 13.2 Å². The van der Waals surface area contributed by atoms with Gasteiger partial charge >= 0.3 is 0 Å². The van der Waals surface area contributed by atoms with E-state index in [2.05, 4.69) is 5.32 Å². The molecule has 0 saturated carbocycles. The molecule has 0 aromatic heterocycles. The summed E-state index contributed by atoms with van der Waals surface area (Å²) in [7, 11) is 0. The molecule has 3 rings (SSSR count). The molecule has 1 atom stereocenters. The highest BCUT2D eigenvalue weighted by atomic mass is 16.5. The number of amides is 2. The van der Waals surface area contributed by atoms with Gasteiger partial charge in [-0.15, -0.1) is 0 Å². The molecule has 1 N–H and O–H groups in total.